The molecular weight excluding hydrogens is 280 g/mol. The van der Waals surface area contributed by atoms with Crippen molar-refractivity contribution < 1.29 is 14.3 Å². The van der Waals surface area contributed by atoms with E-state index in [9.17, 15) is 9.59 Å². The minimum absolute atomic E-state index is 0.00168. The Morgan fingerprint density at radius 1 is 1.36 bits per heavy atom. The van der Waals surface area contributed by atoms with E-state index in [-0.39, 0.29) is 23.7 Å². The summed E-state index contributed by atoms with van der Waals surface area (Å²) in [7, 11) is 1.61. The molecule has 0 aromatic carbocycles. The van der Waals surface area contributed by atoms with Crippen LogP contribution >= 0.6 is 0 Å². The molecule has 1 saturated carbocycles. The molecule has 0 bridgehead atoms. The van der Waals surface area contributed by atoms with Crippen LogP contribution in [0.2, 0.25) is 0 Å². The molecule has 1 atom stereocenters. The summed E-state index contributed by atoms with van der Waals surface area (Å²) in [6.07, 6.45) is 11.3. The van der Waals surface area contributed by atoms with Crippen LogP contribution in [-0.2, 0) is 14.3 Å². The van der Waals surface area contributed by atoms with Gasteiger partial charge in [-0.15, -0.1) is 0 Å². The summed E-state index contributed by atoms with van der Waals surface area (Å²) in [5, 5.41) is 2.83. The van der Waals surface area contributed by atoms with E-state index in [1.807, 2.05) is 12.2 Å². The Morgan fingerprint density at radius 3 is 2.86 bits per heavy atom. The number of aliphatic imine (C=N–C) groups is 1. The molecule has 1 N–H and O–H groups in total. The summed E-state index contributed by atoms with van der Waals surface area (Å²) < 4.78 is 5.14. The number of carbonyl (C=O) groups excluding carboxylic acids is 2. The van der Waals surface area contributed by atoms with E-state index in [4.69, 9.17) is 4.74 Å². The second-order valence-electron chi connectivity index (χ2n) is 5.93. The van der Waals surface area contributed by atoms with Crippen LogP contribution in [0.15, 0.2) is 40.6 Å². The van der Waals surface area contributed by atoms with Crippen molar-refractivity contribution in [2.75, 3.05) is 13.7 Å². The number of nitrogens with one attached hydrogen (secondary N) is 1. The van der Waals surface area contributed by atoms with Crippen LogP contribution in [0.5, 0.6) is 0 Å². The standard InChI is InChI=1S/C17H20N2O3/c1-22-10-12-8-16(20)19-15-9-13(6-7-14(12)15)18-17(21)11-4-2-3-5-11/h6-9,11,14H,2-5,10H2,1H3,(H,19,20). The second-order valence-corrected chi connectivity index (χ2v) is 5.93. The van der Waals surface area contributed by atoms with Gasteiger partial charge in [-0.05, 0) is 30.6 Å². The first-order valence-electron chi connectivity index (χ1n) is 7.70. The van der Waals surface area contributed by atoms with Gasteiger partial charge in [0.1, 0.15) is 0 Å². The summed E-state index contributed by atoms with van der Waals surface area (Å²) in [5.74, 6) is -0.131. The lowest BCUT2D eigenvalue weighted by atomic mass is 9.88. The number of amides is 2. The van der Waals surface area contributed by atoms with Gasteiger partial charge in [0.15, 0.2) is 0 Å². The number of methoxy groups -OCH3 is 1. The SMILES string of the molecule is COCC1=CC(=O)NC2=CC(=NC(=O)C3CCCC3)C=CC12. The van der Waals surface area contributed by atoms with Gasteiger partial charge in [0.25, 0.3) is 0 Å². The monoisotopic (exact) mass is 300 g/mol. The highest BCUT2D eigenvalue weighted by Crippen LogP contribution is 2.28. The summed E-state index contributed by atoms with van der Waals surface area (Å²) in [6.45, 7) is 0.410. The van der Waals surface area contributed by atoms with Crippen molar-refractivity contribution >= 4 is 17.5 Å². The molecular formula is C17H20N2O3. The highest BCUT2D eigenvalue weighted by Gasteiger charge is 2.27. The first kappa shape index (κ1) is 14.9. The molecule has 22 heavy (non-hydrogen) atoms. The van der Waals surface area contributed by atoms with Crippen LogP contribution in [0.3, 0.4) is 0 Å². The maximum atomic E-state index is 12.1. The Balaban J connectivity index is 1.79. The maximum Gasteiger partial charge on any atom is 0.249 e. The molecule has 0 aromatic rings. The van der Waals surface area contributed by atoms with E-state index in [1.54, 1.807) is 19.3 Å². The predicted octanol–water partition coefficient (Wildman–Crippen LogP) is 1.92. The van der Waals surface area contributed by atoms with E-state index in [0.29, 0.717) is 12.3 Å². The summed E-state index contributed by atoms with van der Waals surface area (Å²) in [4.78, 5) is 28.1. The average Bonchev–Trinajstić information content (AvgIpc) is 3.01. The zero-order valence-electron chi connectivity index (χ0n) is 12.7. The normalized spacial score (nSPS) is 26.5. The number of rotatable bonds is 3. The van der Waals surface area contributed by atoms with Crippen molar-refractivity contribution in [3.8, 4) is 0 Å². The Hall–Kier alpha value is -2.01. The quantitative estimate of drug-likeness (QED) is 0.866. The van der Waals surface area contributed by atoms with Crippen molar-refractivity contribution in [1.29, 1.82) is 0 Å². The molecule has 3 rings (SSSR count). The molecule has 0 spiro atoms. The van der Waals surface area contributed by atoms with Gasteiger partial charge in [0.05, 0.1) is 12.3 Å². The lowest BCUT2D eigenvalue weighted by Crippen LogP contribution is -2.34. The number of nitrogens with zero attached hydrogens (tertiary/aromatic N) is 1. The number of ether oxygens (including phenoxy) is 1. The number of carbonyl (C=O) groups is 2. The largest absolute Gasteiger partial charge is 0.380 e. The molecule has 3 aliphatic rings. The number of fused-ring (bicyclic) bond motifs is 1. The topological polar surface area (TPSA) is 67.8 Å². The number of hydrogen-bond donors (Lipinski definition) is 1. The molecule has 1 fully saturated rings. The molecule has 5 heteroatoms. The zero-order valence-corrected chi connectivity index (χ0v) is 12.7. The van der Waals surface area contributed by atoms with Crippen LogP contribution in [0, 0.1) is 11.8 Å². The zero-order chi connectivity index (χ0) is 15.5. The molecule has 2 aliphatic carbocycles. The van der Waals surface area contributed by atoms with E-state index >= 15 is 0 Å². The van der Waals surface area contributed by atoms with Gasteiger partial charge in [-0.1, -0.05) is 18.9 Å². The van der Waals surface area contributed by atoms with Crippen LogP contribution in [0.25, 0.3) is 0 Å². The molecule has 1 aliphatic heterocycles. The van der Waals surface area contributed by atoms with E-state index in [1.165, 1.54) is 0 Å². The Morgan fingerprint density at radius 2 is 2.14 bits per heavy atom. The highest BCUT2D eigenvalue weighted by molar-refractivity contribution is 6.11. The average molecular weight is 300 g/mol. The van der Waals surface area contributed by atoms with Crippen LogP contribution in [-0.4, -0.2) is 31.2 Å². The highest BCUT2D eigenvalue weighted by atomic mass is 16.5. The lowest BCUT2D eigenvalue weighted by Gasteiger charge is -2.27. The third-order valence-electron chi connectivity index (χ3n) is 4.34. The molecule has 2 amide bonds. The Kier molecular flexibility index (Phi) is 4.34. The van der Waals surface area contributed by atoms with Gasteiger partial charge in [0, 0.05) is 30.7 Å². The molecule has 5 nitrogen and oxygen atoms in total. The van der Waals surface area contributed by atoms with Gasteiger partial charge in [-0.3, -0.25) is 9.59 Å². The van der Waals surface area contributed by atoms with E-state index in [2.05, 4.69) is 10.3 Å². The summed E-state index contributed by atoms with van der Waals surface area (Å²) in [6, 6.07) is 0. The van der Waals surface area contributed by atoms with Crippen LogP contribution in [0.4, 0.5) is 0 Å². The van der Waals surface area contributed by atoms with Crippen molar-refractivity contribution in [3.63, 3.8) is 0 Å². The van der Waals surface area contributed by atoms with Gasteiger partial charge in [-0.2, -0.15) is 0 Å². The Labute approximate surface area is 129 Å². The van der Waals surface area contributed by atoms with Crippen LogP contribution < -0.4 is 5.32 Å². The van der Waals surface area contributed by atoms with Crippen molar-refractivity contribution in [3.05, 3.63) is 35.6 Å². The van der Waals surface area contributed by atoms with Gasteiger partial charge >= 0.3 is 0 Å². The summed E-state index contributed by atoms with van der Waals surface area (Å²) >= 11 is 0. The van der Waals surface area contributed by atoms with Crippen molar-refractivity contribution in [1.82, 2.24) is 5.32 Å². The van der Waals surface area contributed by atoms with Gasteiger partial charge in [-0.25, -0.2) is 4.99 Å². The van der Waals surface area contributed by atoms with Crippen molar-refractivity contribution in [2.24, 2.45) is 16.8 Å². The molecule has 1 heterocycles. The molecule has 0 saturated heterocycles. The minimum Gasteiger partial charge on any atom is -0.380 e. The van der Waals surface area contributed by atoms with Crippen molar-refractivity contribution in [2.45, 2.75) is 25.7 Å². The van der Waals surface area contributed by atoms with Gasteiger partial charge in [0.2, 0.25) is 11.8 Å². The smallest absolute Gasteiger partial charge is 0.249 e. The fraction of sp³-hybridized carbons (Fsp3) is 0.471. The molecule has 0 aromatic heterocycles. The summed E-state index contributed by atoms with van der Waals surface area (Å²) in [5.41, 5.74) is 2.29. The van der Waals surface area contributed by atoms with E-state index < -0.39 is 0 Å². The predicted molar refractivity (Wildman–Crippen MR) is 83.2 cm³/mol. The lowest BCUT2D eigenvalue weighted by molar-refractivity contribution is -0.121. The first-order valence-corrected chi connectivity index (χ1v) is 7.70. The molecule has 116 valence electrons. The molecule has 1 unspecified atom stereocenters. The first-order chi connectivity index (χ1) is 10.7. The third-order valence-corrected chi connectivity index (χ3v) is 4.34. The Bertz CT molecular complexity index is 607. The minimum atomic E-state index is -0.161. The van der Waals surface area contributed by atoms with Gasteiger partial charge < -0.3 is 10.1 Å². The second kappa shape index (κ2) is 6.40. The molecule has 0 radical (unpaired) electrons. The maximum absolute atomic E-state index is 12.1. The number of allylic oxidation sites excluding steroid dienone is 3. The van der Waals surface area contributed by atoms with Crippen LogP contribution in [0.1, 0.15) is 25.7 Å². The fourth-order valence-electron chi connectivity index (χ4n) is 3.23. The number of hydrogen-bond acceptors (Lipinski definition) is 3. The van der Waals surface area contributed by atoms with E-state index in [0.717, 1.165) is 37.0 Å². The fourth-order valence-corrected chi connectivity index (χ4v) is 3.23. The third kappa shape index (κ3) is 3.09.